The highest BCUT2D eigenvalue weighted by Crippen LogP contribution is 2.00. The number of carbonyl (C=O) groups excluding carboxylic acids is 1. The van der Waals surface area contributed by atoms with E-state index in [9.17, 15) is 4.79 Å². The molecule has 0 unspecified atom stereocenters. The van der Waals surface area contributed by atoms with Gasteiger partial charge in [0.2, 0.25) is 5.91 Å². The van der Waals surface area contributed by atoms with E-state index in [-0.39, 0.29) is 5.91 Å². The second-order valence-electron chi connectivity index (χ2n) is 3.44. The van der Waals surface area contributed by atoms with Crippen LogP contribution in [-0.4, -0.2) is 48.9 Å². The van der Waals surface area contributed by atoms with Gasteiger partial charge in [-0.3, -0.25) is 4.79 Å². The molecule has 1 aliphatic heterocycles. The highest BCUT2D eigenvalue weighted by molar-refractivity contribution is 5.87. The lowest BCUT2D eigenvalue weighted by Crippen LogP contribution is -2.46. The summed E-state index contributed by atoms with van der Waals surface area (Å²) < 4.78 is 0. The molecule has 0 N–H and O–H groups in total. The molecule has 3 heteroatoms. The van der Waals surface area contributed by atoms with Crippen molar-refractivity contribution >= 4 is 5.91 Å². The van der Waals surface area contributed by atoms with Crippen LogP contribution in [0.25, 0.3) is 0 Å². The Bertz CT molecular complexity index is 193. The highest BCUT2D eigenvalue weighted by atomic mass is 16.2. The molecule has 74 valence electrons. The van der Waals surface area contributed by atoms with Crippen LogP contribution in [0.2, 0.25) is 0 Å². The average Bonchev–Trinajstić information content (AvgIpc) is 2.15. The molecular weight excluding hydrogens is 164 g/mol. The summed E-state index contributed by atoms with van der Waals surface area (Å²) >= 11 is 0. The van der Waals surface area contributed by atoms with Gasteiger partial charge in [0.15, 0.2) is 0 Å². The van der Waals surface area contributed by atoms with E-state index in [1.165, 1.54) is 0 Å². The van der Waals surface area contributed by atoms with Gasteiger partial charge >= 0.3 is 0 Å². The summed E-state index contributed by atoms with van der Waals surface area (Å²) in [6.07, 6.45) is 4.53. The fourth-order valence-electron chi connectivity index (χ4n) is 1.35. The molecule has 0 spiro atoms. The molecule has 1 fully saturated rings. The van der Waals surface area contributed by atoms with Gasteiger partial charge < -0.3 is 9.80 Å². The van der Waals surface area contributed by atoms with Crippen LogP contribution in [0.5, 0.6) is 0 Å². The Morgan fingerprint density at radius 1 is 1.31 bits per heavy atom. The molecule has 0 bridgehead atoms. The molecule has 13 heavy (non-hydrogen) atoms. The molecule has 0 aromatic carbocycles. The number of hydrogen-bond donors (Lipinski definition) is 0. The number of carbonyl (C=O) groups is 1. The number of hydrogen-bond acceptors (Lipinski definition) is 2. The minimum atomic E-state index is 0.162. The van der Waals surface area contributed by atoms with Crippen molar-refractivity contribution in [1.82, 2.24) is 9.80 Å². The summed E-state index contributed by atoms with van der Waals surface area (Å²) in [7, 11) is 2.09. The number of amides is 1. The van der Waals surface area contributed by atoms with Gasteiger partial charge in [0.1, 0.15) is 0 Å². The van der Waals surface area contributed by atoms with Crippen molar-refractivity contribution in [2.24, 2.45) is 0 Å². The van der Waals surface area contributed by atoms with Crippen molar-refractivity contribution in [1.29, 1.82) is 0 Å². The Labute approximate surface area is 80.0 Å². The highest BCUT2D eigenvalue weighted by Gasteiger charge is 2.16. The standard InChI is InChI=1S/C10H18N2O/c1-3-4-5-10(13)12-8-6-11(2)7-9-12/h4-5H,3,6-9H2,1-2H3/b5-4+. The summed E-state index contributed by atoms with van der Waals surface area (Å²) in [4.78, 5) is 15.6. The molecule has 0 atom stereocenters. The van der Waals surface area contributed by atoms with Crippen LogP contribution in [0.4, 0.5) is 0 Å². The van der Waals surface area contributed by atoms with Crippen LogP contribution < -0.4 is 0 Å². The Balaban J connectivity index is 2.36. The summed E-state index contributed by atoms with van der Waals surface area (Å²) in [5.74, 6) is 0.162. The Kier molecular flexibility index (Phi) is 3.96. The van der Waals surface area contributed by atoms with E-state index < -0.39 is 0 Å². The normalized spacial score (nSPS) is 19.7. The first kappa shape index (κ1) is 10.3. The number of rotatable bonds is 2. The molecule has 1 saturated heterocycles. The zero-order valence-corrected chi connectivity index (χ0v) is 8.49. The van der Waals surface area contributed by atoms with Gasteiger partial charge in [0, 0.05) is 26.2 Å². The lowest BCUT2D eigenvalue weighted by atomic mass is 10.3. The van der Waals surface area contributed by atoms with Crippen LogP contribution in [0.15, 0.2) is 12.2 Å². The van der Waals surface area contributed by atoms with Gasteiger partial charge in [0.25, 0.3) is 0 Å². The maximum absolute atomic E-state index is 11.5. The Hall–Kier alpha value is -0.830. The largest absolute Gasteiger partial charge is 0.337 e. The first-order chi connectivity index (χ1) is 6.24. The van der Waals surface area contributed by atoms with Crippen molar-refractivity contribution < 1.29 is 4.79 Å². The molecule has 1 heterocycles. The predicted octanol–water partition coefficient (Wildman–Crippen LogP) is 0.727. The smallest absolute Gasteiger partial charge is 0.246 e. The molecular formula is C10H18N2O. The van der Waals surface area contributed by atoms with Crippen molar-refractivity contribution in [3.8, 4) is 0 Å². The minimum absolute atomic E-state index is 0.162. The average molecular weight is 182 g/mol. The minimum Gasteiger partial charge on any atom is -0.337 e. The van der Waals surface area contributed by atoms with Gasteiger partial charge in [-0.2, -0.15) is 0 Å². The lowest BCUT2D eigenvalue weighted by Gasteiger charge is -2.31. The summed E-state index contributed by atoms with van der Waals surface area (Å²) in [6.45, 7) is 5.75. The van der Waals surface area contributed by atoms with Gasteiger partial charge in [-0.25, -0.2) is 0 Å². The summed E-state index contributed by atoms with van der Waals surface area (Å²) in [6, 6.07) is 0. The topological polar surface area (TPSA) is 23.6 Å². The van der Waals surface area contributed by atoms with E-state index >= 15 is 0 Å². The van der Waals surface area contributed by atoms with Crippen molar-refractivity contribution in [2.45, 2.75) is 13.3 Å². The summed E-state index contributed by atoms with van der Waals surface area (Å²) in [5, 5.41) is 0. The van der Waals surface area contributed by atoms with E-state index in [2.05, 4.69) is 11.9 Å². The van der Waals surface area contributed by atoms with Gasteiger partial charge in [-0.1, -0.05) is 13.0 Å². The maximum atomic E-state index is 11.5. The maximum Gasteiger partial charge on any atom is 0.246 e. The van der Waals surface area contributed by atoms with E-state index in [0.29, 0.717) is 0 Å². The van der Waals surface area contributed by atoms with E-state index in [1.54, 1.807) is 6.08 Å². The molecule has 0 aromatic heterocycles. The van der Waals surface area contributed by atoms with Crippen LogP contribution >= 0.6 is 0 Å². The molecule has 0 aromatic rings. The van der Waals surface area contributed by atoms with Crippen LogP contribution in [0.3, 0.4) is 0 Å². The fraction of sp³-hybridized carbons (Fsp3) is 0.700. The van der Waals surface area contributed by atoms with E-state index in [0.717, 1.165) is 32.6 Å². The fourth-order valence-corrected chi connectivity index (χ4v) is 1.35. The number of allylic oxidation sites excluding steroid dienone is 1. The van der Waals surface area contributed by atoms with Crippen molar-refractivity contribution in [3.63, 3.8) is 0 Å². The van der Waals surface area contributed by atoms with Crippen LogP contribution in [-0.2, 0) is 4.79 Å². The van der Waals surface area contributed by atoms with E-state index in [1.807, 2.05) is 17.9 Å². The van der Waals surface area contributed by atoms with Gasteiger partial charge in [0.05, 0.1) is 0 Å². The predicted molar refractivity (Wildman–Crippen MR) is 53.5 cm³/mol. The van der Waals surface area contributed by atoms with Crippen molar-refractivity contribution in [3.05, 3.63) is 12.2 Å². The zero-order valence-electron chi connectivity index (χ0n) is 8.49. The second-order valence-corrected chi connectivity index (χ2v) is 3.44. The third-order valence-electron chi connectivity index (χ3n) is 2.31. The summed E-state index contributed by atoms with van der Waals surface area (Å²) in [5.41, 5.74) is 0. The monoisotopic (exact) mass is 182 g/mol. The number of piperazine rings is 1. The molecule has 0 radical (unpaired) electrons. The molecule has 1 amide bonds. The molecule has 0 aliphatic carbocycles. The van der Waals surface area contributed by atoms with E-state index in [4.69, 9.17) is 0 Å². The number of nitrogens with zero attached hydrogens (tertiary/aromatic N) is 2. The first-order valence-corrected chi connectivity index (χ1v) is 4.88. The third kappa shape index (κ3) is 3.19. The van der Waals surface area contributed by atoms with Gasteiger partial charge in [-0.05, 0) is 19.5 Å². The molecule has 0 saturated carbocycles. The SMILES string of the molecule is CC/C=C/C(=O)N1CCN(C)CC1. The Morgan fingerprint density at radius 2 is 1.92 bits per heavy atom. The van der Waals surface area contributed by atoms with Crippen LogP contribution in [0, 0.1) is 0 Å². The quantitative estimate of drug-likeness (QED) is 0.588. The van der Waals surface area contributed by atoms with Gasteiger partial charge in [-0.15, -0.1) is 0 Å². The molecule has 1 rings (SSSR count). The van der Waals surface area contributed by atoms with Crippen molar-refractivity contribution in [2.75, 3.05) is 33.2 Å². The zero-order chi connectivity index (χ0) is 9.68. The van der Waals surface area contributed by atoms with Crippen LogP contribution in [0.1, 0.15) is 13.3 Å². The Morgan fingerprint density at radius 3 is 2.46 bits per heavy atom. The first-order valence-electron chi connectivity index (χ1n) is 4.88. The number of likely N-dealkylation sites (N-methyl/N-ethyl adjacent to an activating group) is 1. The lowest BCUT2D eigenvalue weighted by molar-refractivity contribution is -0.127. The molecule has 3 nitrogen and oxygen atoms in total. The third-order valence-corrected chi connectivity index (χ3v) is 2.31. The second kappa shape index (κ2) is 5.02. The molecule has 1 aliphatic rings.